The van der Waals surface area contributed by atoms with Crippen LogP contribution in [-0.4, -0.2) is 26.3 Å². The van der Waals surface area contributed by atoms with Crippen LogP contribution in [-0.2, 0) is 12.0 Å². The zero-order chi connectivity index (χ0) is 18.0. The van der Waals surface area contributed by atoms with E-state index in [0.29, 0.717) is 6.79 Å². The largest absolute Gasteiger partial charge is 0.454 e. The molecule has 0 atom stereocenters. The van der Waals surface area contributed by atoms with Gasteiger partial charge in [-0.05, 0) is 43.0 Å². The Balaban J connectivity index is 0.00000210. The second kappa shape index (κ2) is 8.37. The van der Waals surface area contributed by atoms with Crippen molar-refractivity contribution < 1.29 is 9.47 Å². The molecule has 1 aliphatic carbocycles. The van der Waals surface area contributed by atoms with Crippen LogP contribution in [0.25, 0.3) is 0 Å². The minimum absolute atomic E-state index is 0. The van der Waals surface area contributed by atoms with Crippen molar-refractivity contribution in [3.8, 4) is 11.5 Å². The number of rotatable bonds is 5. The first kappa shape index (κ1) is 19.8. The third-order valence-electron chi connectivity index (χ3n) is 5.20. The van der Waals surface area contributed by atoms with Crippen LogP contribution in [0.2, 0.25) is 0 Å². The molecule has 1 heterocycles. The molecule has 0 radical (unpaired) electrons. The number of ether oxygens (including phenoxy) is 2. The average molecular weight is 479 g/mol. The number of halogens is 1. The van der Waals surface area contributed by atoms with E-state index in [1.807, 2.05) is 13.1 Å². The summed E-state index contributed by atoms with van der Waals surface area (Å²) < 4.78 is 10.9. The minimum atomic E-state index is 0. The summed E-state index contributed by atoms with van der Waals surface area (Å²) in [5, 5.41) is 6.89. The fraction of sp³-hybridized carbons (Fsp3) is 0.381. The van der Waals surface area contributed by atoms with E-state index in [1.54, 1.807) is 0 Å². The Morgan fingerprint density at radius 1 is 1.07 bits per heavy atom. The van der Waals surface area contributed by atoms with Crippen molar-refractivity contribution in [1.29, 1.82) is 0 Å². The van der Waals surface area contributed by atoms with Gasteiger partial charge in [-0.2, -0.15) is 0 Å². The quantitative estimate of drug-likeness (QED) is 0.390. The summed E-state index contributed by atoms with van der Waals surface area (Å²) in [6.45, 7) is 4.05. The summed E-state index contributed by atoms with van der Waals surface area (Å²) in [6.07, 6.45) is 2.35. The molecule has 1 saturated carbocycles. The number of guanidine groups is 1. The van der Waals surface area contributed by atoms with Gasteiger partial charge in [0.1, 0.15) is 0 Å². The number of hydrogen-bond donors (Lipinski definition) is 2. The van der Waals surface area contributed by atoms with Crippen LogP contribution >= 0.6 is 24.0 Å². The van der Waals surface area contributed by atoms with Crippen LogP contribution in [0.4, 0.5) is 0 Å². The number of aliphatic imine (C=N–C) groups is 1. The van der Waals surface area contributed by atoms with Crippen molar-refractivity contribution in [3.63, 3.8) is 0 Å². The summed E-state index contributed by atoms with van der Waals surface area (Å²) >= 11 is 0. The van der Waals surface area contributed by atoms with Gasteiger partial charge in [0.25, 0.3) is 0 Å². The second-order valence-electron chi connectivity index (χ2n) is 7.12. The Labute approximate surface area is 177 Å². The lowest BCUT2D eigenvalue weighted by Gasteiger charge is -2.19. The molecular formula is C21H26IN3O2. The smallest absolute Gasteiger partial charge is 0.231 e. The average Bonchev–Trinajstić information content (AvgIpc) is 3.30. The van der Waals surface area contributed by atoms with E-state index in [4.69, 9.17) is 9.47 Å². The lowest BCUT2D eigenvalue weighted by atomic mass is 9.95. The maximum atomic E-state index is 5.53. The molecule has 144 valence electrons. The van der Waals surface area contributed by atoms with E-state index in [1.165, 1.54) is 29.5 Å². The first-order chi connectivity index (χ1) is 12.7. The summed E-state index contributed by atoms with van der Waals surface area (Å²) in [6, 6.07) is 14.8. The molecule has 4 rings (SSSR count). The van der Waals surface area contributed by atoms with Gasteiger partial charge < -0.3 is 20.1 Å². The number of fused-ring (bicyclic) bond motifs is 1. The molecule has 5 nitrogen and oxygen atoms in total. The molecule has 0 unspecified atom stereocenters. The van der Waals surface area contributed by atoms with Crippen molar-refractivity contribution in [2.24, 2.45) is 4.99 Å². The van der Waals surface area contributed by atoms with Gasteiger partial charge >= 0.3 is 0 Å². The molecule has 1 fully saturated rings. The van der Waals surface area contributed by atoms with E-state index < -0.39 is 0 Å². The predicted molar refractivity (Wildman–Crippen MR) is 118 cm³/mol. The summed E-state index contributed by atoms with van der Waals surface area (Å²) in [4.78, 5) is 4.36. The zero-order valence-electron chi connectivity index (χ0n) is 15.7. The van der Waals surface area contributed by atoms with Crippen LogP contribution in [0.1, 0.15) is 29.5 Å². The van der Waals surface area contributed by atoms with E-state index in [-0.39, 0.29) is 29.4 Å². The summed E-state index contributed by atoms with van der Waals surface area (Å²) in [5.41, 5.74) is 4.00. The molecule has 0 aromatic heterocycles. The molecular weight excluding hydrogens is 453 g/mol. The predicted octanol–water partition coefficient (Wildman–Crippen LogP) is 3.74. The van der Waals surface area contributed by atoms with Crippen LogP contribution in [0.5, 0.6) is 11.5 Å². The van der Waals surface area contributed by atoms with Crippen molar-refractivity contribution in [1.82, 2.24) is 10.6 Å². The zero-order valence-corrected chi connectivity index (χ0v) is 18.1. The topological polar surface area (TPSA) is 54.9 Å². The van der Waals surface area contributed by atoms with Crippen LogP contribution < -0.4 is 20.1 Å². The standard InChI is InChI=1S/C21H25N3O2.HI/c1-15-4-3-5-16(10-15)12-23-20(22-2)24-13-21(8-9-21)17-6-7-18-19(11-17)26-14-25-18;/h3-7,10-11H,8-9,12-14H2,1-2H3,(H2,22,23,24);1H. The van der Waals surface area contributed by atoms with Crippen molar-refractivity contribution in [2.75, 3.05) is 20.4 Å². The van der Waals surface area contributed by atoms with Crippen LogP contribution in [0.15, 0.2) is 47.5 Å². The normalized spacial score (nSPS) is 16.4. The van der Waals surface area contributed by atoms with Crippen LogP contribution in [0, 0.1) is 6.92 Å². The van der Waals surface area contributed by atoms with E-state index >= 15 is 0 Å². The van der Waals surface area contributed by atoms with E-state index in [9.17, 15) is 0 Å². The monoisotopic (exact) mass is 479 g/mol. The van der Waals surface area contributed by atoms with Gasteiger partial charge in [-0.15, -0.1) is 24.0 Å². The Morgan fingerprint density at radius 2 is 1.89 bits per heavy atom. The SMILES string of the molecule is CN=C(NCc1cccc(C)c1)NCC1(c2ccc3c(c2)OCO3)CC1.I. The minimum Gasteiger partial charge on any atom is -0.454 e. The number of nitrogens with zero attached hydrogens (tertiary/aromatic N) is 1. The molecule has 0 saturated heterocycles. The summed E-state index contributed by atoms with van der Waals surface area (Å²) in [7, 11) is 1.81. The van der Waals surface area contributed by atoms with Crippen LogP contribution in [0.3, 0.4) is 0 Å². The molecule has 2 aromatic rings. The van der Waals surface area contributed by atoms with E-state index in [2.05, 4.69) is 58.9 Å². The van der Waals surface area contributed by atoms with Gasteiger partial charge in [-0.1, -0.05) is 35.9 Å². The Morgan fingerprint density at radius 3 is 2.63 bits per heavy atom. The highest BCUT2D eigenvalue weighted by Gasteiger charge is 2.44. The first-order valence-electron chi connectivity index (χ1n) is 9.09. The second-order valence-corrected chi connectivity index (χ2v) is 7.12. The molecule has 2 aliphatic rings. The molecule has 0 spiro atoms. The van der Waals surface area contributed by atoms with Gasteiger partial charge in [0.05, 0.1) is 0 Å². The number of aryl methyl sites for hydroxylation is 1. The highest BCUT2D eigenvalue weighted by atomic mass is 127. The number of benzene rings is 2. The third-order valence-corrected chi connectivity index (χ3v) is 5.20. The van der Waals surface area contributed by atoms with Crippen molar-refractivity contribution >= 4 is 29.9 Å². The van der Waals surface area contributed by atoms with Gasteiger partial charge in [-0.3, -0.25) is 4.99 Å². The Bertz CT molecular complexity index is 834. The highest BCUT2D eigenvalue weighted by molar-refractivity contribution is 14.0. The Kier molecular flexibility index (Phi) is 6.14. The van der Waals surface area contributed by atoms with Gasteiger partial charge in [0, 0.05) is 25.6 Å². The third kappa shape index (κ3) is 4.48. The number of nitrogens with one attached hydrogen (secondary N) is 2. The lowest BCUT2D eigenvalue weighted by molar-refractivity contribution is 0.174. The van der Waals surface area contributed by atoms with E-state index in [0.717, 1.165) is 30.5 Å². The van der Waals surface area contributed by atoms with Gasteiger partial charge in [0.15, 0.2) is 17.5 Å². The number of hydrogen-bond acceptors (Lipinski definition) is 3. The fourth-order valence-electron chi connectivity index (χ4n) is 3.43. The fourth-order valence-corrected chi connectivity index (χ4v) is 3.43. The molecule has 0 amide bonds. The molecule has 6 heteroatoms. The van der Waals surface area contributed by atoms with Gasteiger partial charge in [0.2, 0.25) is 6.79 Å². The first-order valence-corrected chi connectivity index (χ1v) is 9.09. The molecule has 2 aromatic carbocycles. The lowest BCUT2D eigenvalue weighted by Crippen LogP contribution is -2.40. The van der Waals surface area contributed by atoms with Gasteiger partial charge in [-0.25, -0.2) is 0 Å². The molecule has 27 heavy (non-hydrogen) atoms. The Hall–Kier alpha value is -1.96. The maximum absolute atomic E-state index is 5.53. The highest BCUT2D eigenvalue weighted by Crippen LogP contribution is 2.49. The molecule has 1 aliphatic heterocycles. The summed E-state index contributed by atoms with van der Waals surface area (Å²) in [5.74, 6) is 2.53. The maximum Gasteiger partial charge on any atom is 0.231 e. The van der Waals surface area contributed by atoms with Crippen molar-refractivity contribution in [3.05, 3.63) is 59.2 Å². The molecule has 2 N–H and O–H groups in total. The van der Waals surface area contributed by atoms with Crippen molar-refractivity contribution in [2.45, 2.75) is 31.7 Å². The molecule has 0 bridgehead atoms.